The van der Waals surface area contributed by atoms with Crippen molar-refractivity contribution in [1.82, 2.24) is 14.7 Å². The van der Waals surface area contributed by atoms with Crippen LogP contribution in [-0.4, -0.2) is 71.8 Å². The van der Waals surface area contributed by atoms with E-state index in [1.807, 2.05) is 11.0 Å². The molecule has 0 aromatic carbocycles. The van der Waals surface area contributed by atoms with Crippen LogP contribution in [0.5, 0.6) is 0 Å². The van der Waals surface area contributed by atoms with Crippen LogP contribution in [0.4, 0.5) is 0 Å². The molecule has 2 aliphatic heterocycles. The maximum atomic E-state index is 12.6. The Labute approximate surface area is 121 Å². The fourth-order valence-electron chi connectivity index (χ4n) is 3.10. The molecule has 112 valence electrons. The largest absolute Gasteiger partial charge is 0.339 e. The molecule has 5 heteroatoms. The van der Waals surface area contributed by atoms with Crippen molar-refractivity contribution in [3.05, 3.63) is 12.7 Å². The van der Waals surface area contributed by atoms with E-state index in [9.17, 15) is 9.59 Å². The average Bonchev–Trinajstić information content (AvgIpc) is 2.89. The Kier molecular flexibility index (Phi) is 5.17. The SMILES string of the molecule is C=CCN1CCC[C@H]1C(=O)N1CCN(CCC)C(=O)C1. The molecular weight excluding hydrogens is 254 g/mol. The van der Waals surface area contributed by atoms with E-state index in [4.69, 9.17) is 0 Å². The van der Waals surface area contributed by atoms with Gasteiger partial charge in [-0.3, -0.25) is 14.5 Å². The Bertz CT molecular complexity index is 383. The van der Waals surface area contributed by atoms with Gasteiger partial charge in [0.2, 0.25) is 11.8 Å². The first kappa shape index (κ1) is 15.0. The van der Waals surface area contributed by atoms with Gasteiger partial charge in [0, 0.05) is 26.2 Å². The summed E-state index contributed by atoms with van der Waals surface area (Å²) in [5, 5.41) is 0. The summed E-state index contributed by atoms with van der Waals surface area (Å²) in [6.45, 7) is 9.90. The lowest BCUT2D eigenvalue weighted by molar-refractivity contribution is -0.147. The highest BCUT2D eigenvalue weighted by atomic mass is 16.2. The molecule has 0 aromatic rings. The standard InChI is InChI=1S/C15H25N3O2/c1-3-7-16-9-5-6-13(16)15(20)18-11-10-17(8-4-2)14(19)12-18/h3,13H,1,4-12H2,2H3/t13-/m0/s1. The molecule has 0 N–H and O–H groups in total. The van der Waals surface area contributed by atoms with Crippen molar-refractivity contribution >= 4 is 11.8 Å². The van der Waals surface area contributed by atoms with Crippen LogP contribution in [0.25, 0.3) is 0 Å². The van der Waals surface area contributed by atoms with Gasteiger partial charge in [0.25, 0.3) is 0 Å². The maximum Gasteiger partial charge on any atom is 0.242 e. The summed E-state index contributed by atoms with van der Waals surface area (Å²) in [4.78, 5) is 30.4. The molecule has 2 amide bonds. The normalized spacial score (nSPS) is 24.2. The third-order valence-electron chi connectivity index (χ3n) is 4.14. The zero-order valence-corrected chi connectivity index (χ0v) is 12.4. The van der Waals surface area contributed by atoms with Crippen molar-refractivity contribution in [2.24, 2.45) is 0 Å². The van der Waals surface area contributed by atoms with Crippen LogP contribution in [0.3, 0.4) is 0 Å². The van der Waals surface area contributed by atoms with Gasteiger partial charge in [-0.15, -0.1) is 6.58 Å². The number of carbonyl (C=O) groups excluding carboxylic acids is 2. The fraction of sp³-hybridized carbons (Fsp3) is 0.733. The minimum Gasteiger partial charge on any atom is -0.339 e. The highest BCUT2D eigenvalue weighted by molar-refractivity contribution is 5.88. The molecule has 0 aliphatic carbocycles. The van der Waals surface area contributed by atoms with Gasteiger partial charge in [-0.1, -0.05) is 13.0 Å². The molecule has 2 fully saturated rings. The van der Waals surface area contributed by atoms with Crippen molar-refractivity contribution in [2.75, 3.05) is 39.3 Å². The zero-order chi connectivity index (χ0) is 14.5. The third-order valence-corrected chi connectivity index (χ3v) is 4.14. The van der Waals surface area contributed by atoms with Gasteiger partial charge in [0.05, 0.1) is 12.6 Å². The smallest absolute Gasteiger partial charge is 0.242 e. The Hall–Kier alpha value is -1.36. The van der Waals surface area contributed by atoms with E-state index in [0.717, 1.165) is 38.9 Å². The molecule has 0 unspecified atom stereocenters. The third kappa shape index (κ3) is 3.20. The van der Waals surface area contributed by atoms with E-state index in [2.05, 4.69) is 18.4 Å². The molecule has 0 bridgehead atoms. The van der Waals surface area contributed by atoms with Gasteiger partial charge in [0.1, 0.15) is 0 Å². The number of hydrogen-bond acceptors (Lipinski definition) is 3. The summed E-state index contributed by atoms with van der Waals surface area (Å²) < 4.78 is 0. The van der Waals surface area contributed by atoms with Crippen LogP contribution < -0.4 is 0 Å². The lowest BCUT2D eigenvalue weighted by Crippen LogP contribution is -2.56. The van der Waals surface area contributed by atoms with E-state index < -0.39 is 0 Å². The first-order valence-corrected chi connectivity index (χ1v) is 7.59. The summed E-state index contributed by atoms with van der Waals surface area (Å²) in [5.41, 5.74) is 0. The Balaban J connectivity index is 1.93. The number of hydrogen-bond donors (Lipinski definition) is 0. The predicted molar refractivity (Wildman–Crippen MR) is 78.2 cm³/mol. The minimum absolute atomic E-state index is 0.0569. The maximum absolute atomic E-state index is 12.6. The van der Waals surface area contributed by atoms with Gasteiger partial charge < -0.3 is 9.80 Å². The molecule has 0 aromatic heterocycles. The second kappa shape index (κ2) is 6.88. The van der Waals surface area contributed by atoms with Gasteiger partial charge >= 0.3 is 0 Å². The predicted octanol–water partition coefficient (Wildman–Crippen LogP) is 0.718. The van der Waals surface area contributed by atoms with Crippen molar-refractivity contribution in [3.63, 3.8) is 0 Å². The van der Waals surface area contributed by atoms with Crippen LogP contribution in [0.1, 0.15) is 26.2 Å². The fourth-order valence-corrected chi connectivity index (χ4v) is 3.10. The Morgan fingerprint density at radius 1 is 1.40 bits per heavy atom. The molecule has 0 spiro atoms. The number of rotatable bonds is 5. The highest BCUT2D eigenvalue weighted by Gasteiger charge is 2.35. The second-order valence-electron chi connectivity index (χ2n) is 5.58. The van der Waals surface area contributed by atoms with Crippen LogP contribution in [0.2, 0.25) is 0 Å². The van der Waals surface area contributed by atoms with E-state index in [-0.39, 0.29) is 24.4 Å². The number of piperazine rings is 1. The quantitative estimate of drug-likeness (QED) is 0.697. The first-order valence-electron chi connectivity index (χ1n) is 7.59. The number of amides is 2. The Morgan fingerprint density at radius 3 is 2.85 bits per heavy atom. The molecule has 1 atom stereocenters. The molecular formula is C15H25N3O2. The van der Waals surface area contributed by atoms with Crippen LogP contribution in [0.15, 0.2) is 12.7 Å². The molecule has 5 nitrogen and oxygen atoms in total. The summed E-state index contributed by atoms with van der Waals surface area (Å²) in [5.74, 6) is 0.202. The topological polar surface area (TPSA) is 43.9 Å². The van der Waals surface area contributed by atoms with Crippen molar-refractivity contribution in [3.8, 4) is 0 Å². The van der Waals surface area contributed by atoms with Crippen molar-refractivity contribution in [1.29, 1.82) is 0 Å². The van der Waals surface area contributed by atoms with Gasteiger partial charge in [-0.25, -0.2) is 0 Å². The summed E-state index contributed by atoms with van der Waals surface area (Å²) in [7, 11) is 0. The molecule has 20 heavy (non-hydrogen) atoms. The van der Waals surface area contributed by atoms with Crippen molar-refractivity contribution in [2.45, 2.75) is 32.2 Å². The second-order valence-corrected chi connectivity index (χ2v) is 5.58. The average molecular weight is 279 g/mol. The van der Waals surface area contributed by atoms with Gasteiger partial charge in [-0.05, 0) is 25.8 Å². The lowest BCUT2D eigenvalue weighted by Gasteiger charge is -2.36. The zero-order valence-electron chi connectivity index (χ0n) is 12.4. The summed E-state index contributed by atoms with van der Waals surface area (Å²) in [6, 6.07) is -0.0569. The number of nitrogens with zero attached hydrogens (tertiary/aromatic N) is 3. The summed E-state index contributed by atoms with van der Waals surface area (Å²) in [6.07, 6.45) is 4.76. The molecule has 2 rings (SSSR count). The van der Waals surface area contributed by atoms with Gasteiger partial charge in [0.15, 0.2) is 0 Å². The minimum atomic E-state index is -0.0569. The van der Waals surface area contributed by atoms with E-state index in [0.29, 0.717) is 13.1 Å². The first-order chi connectivity index (χ1) is 9.67. The number of carbonyl (C=O) groups is 2. The van der Waals surface area contributed by atoms with Crippen LogP contribution in [0, 0.1) is 0 Å². The summed E-state index contributed by atoms with van der Waals surface area (Å²) >= 11 is 0. The van der Waals surface area contributed by atoms with E-state index in [1.165, 1.54) is 0 Å². The molecule has 2 aliphatic rings. The molecule has 0 saturated carbocycles. The molecule has 2 saturated heterocycles. The monoisotopic (exact) mass is 279 g/mol. The highest BCUT2D eigenvalue weighted by Crippen LogP contribution is 2.20. The van der Waals surface area contributed by atoms with E-state index >= 15 is 0 Å². The van der Waals surface area contributed by atoms with Crippen molar-refractivity contribution < 1.29 is 9.59 Å². The van der Waals surface area contributed by atoms with E-state index in [1.54, 1.807) is 4.90 Å². The van der Waals surface area contributed by atoms with Crippen LogP contribution >= 0.6 is 0 Å². The van der Waals surface area contributed by atoms with Crippen LogP contribution in [-0.2, 0) is 9.59 Å². The lowest BCUT2D eigenvalue weighted by atomic mass is 10.1. The molecule has 0 radical (unpaired) electrons. The molecule has 2 heterocycles. The number of likely N-dealkylation sites (tertiary alicyclic amines) is 1. The Morgan fingerprint density at radius 2 is 2.20 bits per heavy atom. The van der Waals surface area contributed by atoms with Gasteiger partial charge in [-0.2, -0.15) is 0 Å².